The predicted octanol–water partition coefficient (Wildman–Crippen LogP) is 0.396. The van der Waals surface area contributed by atoms with Gasteiger partial charge in [0.2, 0.25) is 0 Å². The van der Waals surface area contributed by atoms with Gasteiger partial charge >= 0.3 is 10.3 Å². The van der Waals surface area contributed by atoms with Gasteiger partial charge in [-0.1, -0.05) is 10.5 Å². The van der Waals surface area contributed by atoms with Crippen LogP contribution in [0.1, 0.15) is 6.92 Å². The van der Waals surface area contributed by atoms with Crippen LogP contribution in [0.3, 0.4) is 0 Å². The molecule has 1 atom stereocenters. The molecular weight excluding hydrogens is 320 g/mol. The molecule has 0 aliphatic rings. The third-order valence-electron chi connectivity index (χ3n) is 2.45. The summed E-state index contributed by atoms with van der Waals surface area (Å²) in [6.45, 7) is 4.79. The second kappa shape index (κ2) is 6.54. The summed E-state index contributed by atoms with van der Waals surface area (Å²) < 4.78 is 56.4. The van der Waals surface area contributed by atoms with Gasteiger partial charge in [0.05, 0.1) is 18.0 Å². The van der Waals surface area contributed by atoms with E-state index >= 15 is 0 Å². The summed E-state index contributed by atoms with van der Waals surface area (Å²) in [5.41, 5.74) is 0. The molecule has 0 saturated carbocycles. The van der Waals surface area contributed by atoms with Gasteiger partial charge in [0.25, 0.3) is 10.0 Å². The van der Waals surface area contributed by atoms with E-state index in [1.165, 1.54) is 44.4 Å². The number of nitrogens with zero attached hydrogens (tertiary/aromatic N) is 1. The second-order valence-electron chi connectivity index (χ2n) is 3.98. The highest BCUT2D eigenvalue weighted by Crippen LogP contribution is 2.22. The van der Waals surface area contributed by atoms with Crippen LogP contribution >= 0.6 is 0 Å². The minimum atomic E-state index is -4.51. The van der Waals surface area contributed by atoms with Crippen LogP contribution in [0.5, 0.6) is 5.75 Å². The molecule has 1 aromatic rings. The minimum Gasteiger partial charge on any atom is -0.497 e. The summed E-state index contributed by atoms with van der Waals surface area (Å²) in [5, 5.41) is 4.74. The van der Waals surface area contributed by atoms with Crippen molar-refractivity contribution in [3.05, 3.63) is 36.9 Å². The van der Waals surface area contributed by atoms with Crippen LogP contribution in [0.15, 0.2) is 41.8 Å². The largest absolute Gasteiger partial charge is 0.497 e. The van der Waals surface area contributed by atoms with E-state index in [4.69, 9.17) is 9.88 Å². The van der Waals surface area contributed by atoms with Gasteiger partial charge in [0, 0.05) is 0 Å². The monoisotopic (exact) mass is 336 g/mol. The van der Waals surface area contributed by atoms with E-state index in [-0.39, 0.29) is 9.36 Å². The molecule has 0 aromatic heterocycles. The molecule has 8 nitrogen and oxygen atoms in total. The number of ether oxygens (including phenoxy) is 1. The van der Waals surface area contributed by atoms with Crippen molar-refractivity contribution < 1.29 is 25.9 Å². The average Bonchev–Trinajstić information content (AvgIpc) is 2.43. The second-order valence-corrected chi connectivity index (χ2v) is 6.90. The number of hydrogen-bond donors (Lipinski definition) is 1. The Morgan fingerprint density at radius 2 is 1.76 bits per heavy atom. The maximum atomic E-state index is 12.4. The summed E-state index contributed by atoms with van der Waals surface area (Å²) in [7, 11) is -7.32. The Kier molecular flexibility index (Phi) is 5.48. The molecular formula is C11H16N2O6S2. The smallest absolute Gasteiger partial charge is 0.350 e. The van der Waals surface area contributed by atoms with Crippen LogP contribution in [0.2, 0.25) is 0 Å². The van der Waals surface area contributed by atoms with E-state index in [0.29, 0.717) is 5.75 Å². The lowest BCUT2D eigenvalue weighted by Crippen LogP contribution is -2.41. The molecule has 2 N–H and O–H groups in total. The van der Waals surface area contributed by atoms with Gasteiger partial charge in [-0.15, -0.1) is 10.9 Å². The zero-order chi connectivity index (χ0) is 16.3. The molecule has 0 amide bonds. The molecule has 0 aliphatic heterocycles. The Morgan fingerprint density at radius 1 is 1.24 bits per heavy atom. The molecule has 0 fully saturated rings. The van der Waals surface area contributed by atoms with Gasteiger partial charge in [-0.2, -0.15) is 8.42 Å². The number of sulfonamides is 1. The molecule has 0 aliphatic carbocycles. The highest BCUT2D eigenvalue weighted by atomic mass is 32.2. The average molecular weight is 336 g/mol. The molecule has 21 heavy (non-hydrogen) atoms. The quantitative estimate of drug-likeness (QED) is 0.569. The lowest BCUT2D eigenvalue weighted by molar-refractivity contribution is 0.0254. The van der Waals surface area contributed by atoms with Crippen molar-refractivity contribution in [2.75, 3.05) is 7.11 Å². The molecule has 0 spiro atoms. The fourth-order valence-electron chi connectivity index (χ4n) is 1.37. The van der Waals surface area contributed by atoms with Crippen LogP contribution < -0.4 is 9.88 Å². The maximum absolute atomic E-state index is 12.4. The van der Waals surface area contributed by atoms with Crippen LogP contribution in [-0.4, -0.2) is 34.5 Å². The molecule has 1 unspecified atom stereocenters. The van der Waals surface area contributed by atoms with Gasteiger partial charge in [-0.3, -0.25) is 0 Å². The van der Waals surface area contributed by atoms with E-state index in [2.05, 4.69) is 10.9 Å². The number of hydrogen-bond acceptors (Lipinski definition) is 6. The number of nitrogens with two attached hydrogens (primary N) is 1. The Bertz CT molecular complexity index is 697. The molecule has 0 bridgehead atoms. The maximum Gasteiger partial charge on any atom is 0.350 e. The zero-order valence-electron chi connectivity index (χ0n) is 11.5. The van der Waals surface area contributed by atoms with Gasteiger partial charge in [-0.25, -0.2) is 13.6 Å². The van der Waals surface area contributed by atoms with Gasteiger partial charge in [0.15, 0.2) is 0 Å². The molecule has 10 heteroatoms. The molecule has 1 aromatic carbocycles. The number of benzene rings is 1. The van der Waals surface area contributed by atoms with E-state index < -0.39 is 26.4 Å². The first-order valence-corrected chi connectivity index (χ1v) is 8.56. The Balaban J connectivity index is 3.28. The van der Waals surface area contributed by atoms with Crippen molar-refractivity contribution in [1.82, 2.24) is 4.47 Å². The highest BCUT2D eigenvalue weighted by molar-refractivity contribution is 7.90. The SMILES string of the molecule is C=CC(C)N(OS(N)(=O)=O)S(=O)(=O)c1ccc(OC)cc1. The standard InChI is InChI=1S/C11H16N2O6S2/c1-4-9(2)13(19-21(12,16)17)20(14,15)11-7-5-10(18-3)6-8-11/h4-9H,1H2,2-3H3,(H2,12,16,17). The Labute approximate surface area is 124 Å². The van der Waals surface area contributed by atoms with Crippen molar-refractivity contribution in [3.8, 4) is 5.75 Å². The third kappa shape index (κ3) is 4.51. The van der Waals surface area contributed by atoms with E-state index in [0.717, 1.165) is 0 Å². The van der Waals surface area contributed by atoms with Gasteiger partial charge in [0.1, 0.15) is 5.75 Å². The van der Waals surface area contributed by atoms with Crippen molar-refractivity contribution >= 4 is 20.3 Å². The van der Waals surface area contributed by atoms with E-state index in [9.17, 15) is 16.8 Å². The van der Waals surface area contributed by atoms with Crippen LogP contribution in [0.4, 0.5) is 0 Å². The van der Waals surface area contributed by atoms with E-state index in [1.54, 1.807) is 0 Å². The molecule has 0 saturated heterocycles. The van der Waals surface area contributed by atoms with Crippen LogP contribution in [-0.2, 0) is 24.6 Å². The first-order chi connectivity index (χ1) is 9.61. The molecule has 0 radical (unpaired) electrons. The fraction of sp³-hybridized carbons (Fsp3) is 0.273. The first kappa shape index (κ1) is 17.6. The number of methoxy groups -OCH3 is 1. The van der Waals surface area contributed by atoms with Gasteiger partial charge in [-0.05, 0) is 31.2 Å². The molecule has 0 heterocycles. The minimum absolute atomic E-state index is 0.180. The molecule has 1 rings (SSSR count). The topological polar surface area (TPSA) is 116 Å². The van der Waals surface area contributed by atoms with Gasteiger partial charge < -0.3 is 4.74 Å². The summed E-state index contributed by atoms with van der Waals surface area (Å²) in [4.78, 5) is -0.180. The van der Waals surface area contributed by atoms with E-state index in [1.807, 2.05) is 0 Å². The molecule has 118 valence electrons. The fourth-order valence-corrected chi connectivity index (χ4v) is 3.49. The summed E-state index contributed by atoms with van der Waals surface area (Å²) in [5.74, 6) is 0.449. The number of rotatable bonds is 7. The lowest BCUT2D eigenvalue weighted by atomic mass is 10.3. The van der Waals surface area contributed by atoms with Crippen molar-refractivity contribution in [2.45, 2.75) is 17.9 Å². The summed E-state index contributed by atoms with van der Waals surface area (Å²) in [6, 6.07) is 4.39. The summed E-state index contributed by atoms with van der Waals surface area (Å²) in [6.07, 6.45) is 1.20. The van der Waals surface area contributed by atoms with Crippen molar-refractivity contribution in [2.24, 2.45) is 5.14 Å². The first-order valence-electron chi connectivity index (χ1n) is 5.65. The highest BCUT2D eigenvalue weighted by Gasteiger charge is 2.32. The normalized spacial score (nSPS) is 13.9. The zero-order valence-corrected chi connectivity index (χ0v) is 13.1. The van der Waals surface area contributed by atoms with Crippen molar-refractivity contribution in [1.29, 1.82) is 0 Å². The predicted molar refractivity (Wildman–Crippen MR) is 75.9 cm³/mol. The van der Waals surface area contributed by atoms with Crippen molar-refractivity contribution in [3.63, 3.8) is 0 Å². The lowest BCUT2D eigenvalue weighted by Gasteiger charge is -2.23. The van der Waals surface area contributed by atoms with Crippen LogP contribution in [0, 0.1) is 0 Å². The summed E-state index contributed by atoms with van der Waals surface area (Å²) >= 11 is 0. The number of hydroxylamine groups is 1. The Hall–Kier alpha value is -1.46. The Morgan fingerprint density at radius 3 is 2.14 bits per heavy atom. The van der Waals surface area contributed by atoms with Crippen LogP contribution in [0.25, 0.3) is 0 Å². The third-order valence-corrected chi connectivity index (χ3v) is 4.66.